The molecule has 12 aromatic rings. The van der Waals surface area contributed by atoms with E-state index in [0.29, 0.717) is 52.4 Å². The SMILES string of the molecule is CN1CCC(c2ccc3nc(-c4ccc5nn(C)cc5c4)cc(=O)n3c2)CC1.Cc1cn2cc(-c3cc(=O)n4cc(C5=CCN(CCO)CC5)ccc4n3)ccc2n1.Cc1cn2cc(-c3cc(=O)n4cc(C5CCN(C)CC5)ncc4n3)ccc2n1. The first-order valence-electron chi connectivity index (χ1n) is 29.5. The quantitative estimate of drug-likeness (QED) is 0.154. The summed E-state index contributed by atoms with van der Waals surface area (Å²) in [7, 11) is 6.21. The van der Waals surface area contributed by atoms with Crippen LogP contribution in [0.5, 0.6) is 0 Å². The highest BCUT2D eigenvalue weighted by Gasteiger charge is 2.22. The minimum atomic E-state index is -0.0999. The molecule has 0 radical (unpaired) electrons. The Kier molecular flexibility index (Phi) is 15.3. The van der Waals surface area contributed by atoms with Crippen LogP contribution in [0.2, 0.25) is 0 Å². The number of hydrogen-bond donors (Lipinski definition) is 1. The number of benzene rings is 1. The van der Waals surface area contributed by atoms with Gasteiger partial charge in [-0.05, 0) is 163 Å². The second-order valence-electron chi connectivity index (χ2n) is 23.2. The molecule has 3 aliphatic rings. The molecule has 0 amide bonds. The lowest BCUT2D eigenvalue weighted by atomic mass is 9.91. The van der Waals surface area contributed by atoms with Crippen molar-refractivity contribution in [2.45, 2.75) is 57.8 Å². The van der Waals surface area contributed by atoms with E-state index < -0.39 is 0 Å². The van der Waals surface area contributed by atoms with Crippen molar-refractivity contribution in [3.8, 4) is 33.8 Å². The zero-order chi connectivity index (χ0) is 59.2. The largest absolute Gasteiger partial charge is 0.395 e. The maximum atomic E-state index is 12.9. The second-order valence-corrected chi connectivity index (χ2v) is 23.2. The van der Waals surface area contributed by atoms with Crippen LogP contribution in [0.3, 0.4) is 0 Å². The van der Waals surface area contributed by atoms with E-state index in [4.69, 9.17) is 15.1 Å². The number of aliphatic hydroxyl groups excluding tert-OH is 1. The Morgan fingerprint density at radius 3 is 1.65 bits per heavy atom. The third-order valence-corrected chi connectivity index (χ3v) is 17.0. The Bertz CT molecular complexity index is 4550. The van der Waals surface area contributed by atoms with E-state index in [1.54, 1.807) is 42.3 Å². The molecule has 0 unspecified atom stereocenters. The van der Waals surface area contributed by atoms with Gasteiger partial charge in [0.15, 0.2) is 5.65 Å². The van der Waals surface area contributed by atoms with Crippen LogP contribution in [0.25, 0.3) is 78.5 Å². The second kappa shape index (κ2) is 23.6. The Morgan fingerprint density at radius 2 is 1.05 bits per heavy atom. The molecule has 15 rings (SSSR count). The molecular weight excluding hydrogens is 1080 g/mol. The van der Waals surface area contributed by atoms with E-state index in [2.05, 4.69) is 66.0 Å². The fraction of sp³-hybridized carbons (Fsp3) is 0.303. The molecule has 1 aromatic carbocycles. The van der Waals surface area contributed by atoms with Crippen molar-refractivity contribution in [2.75, 3.05) is 66.5 Å². The minimum Gasteiger partial charge on any atom is -0.395 e. The highest BCUT2D eigenvalue weighted by molar-refractivity contribution is 5.83. The number of fused-ring (bicyclic) bond motifs is 6. The molecule has 436 valence electrons. The number of β-amino-alcohol motifs (C(OH)–C–C–N with tert-alkyl or cyclic N) is 1. The molecule has 2 saturated heterocycles. The highest BCUT2D eigenvalue weighted by atomic mass is 16.3. The number of piperidine rings is 2. The molecule has 3 aliphatic heterocycles. The molecule has 2 fully saturated rings. The fourth-order valence-corrected chi connectivity index (χ4v) is 12.1. The standard InChI is InChI=1S/C23H23N5O2.C22H23N5O.C21H22N6O/c1-16-13-27-14-19(3-4-21(27)24-16)20-12-23(30)28-15-18(2-5-22(28)25-20)17-6-8-26(9-7-17)10-11-29;1-25-9-7-15(8-10-25)17-4-6-21-23-20(12-22(28)27(21)14-17)16-3-5-19-18(11-16)13-26(2)24-19;1-14-11-26-12-16(3-4-19(26)23-14)17-9-21(28)27-13-18(22-10-20(27)24-17)15-5-7-25(2)8-6-15/h2-6,12-15,29H,7-11H2,1H3;3-6,11-15H,7-10H2,1-2H3;3-4,9-13,15H,5-8H2,1-2H3. The summed E-state index contributed by atoms with van der Waals surface area (Å²) in [6.45, 7) is 10.8. The number of aliphatic hydroxyl groups is 1. The number of likely N-dealkylation sites (tertiary alicyclic amines) is 2. The molecule has 11 aromatic heterocycles. The van der Waals surface area contributed by atoms with Gasteiger partial charge < -0.3 is 23.7 Å². The number of rotatable bonds is 8. The Hall–Kier alpha value is -9.34. The molecule has 0 aliphatic carbocycles. The number of aryl methyl sites for hydroxylation is 3. The monoisotopic (exact) mass is 1150 g/mol. The molecule has 0 bridgehead atoms. The zero-order valence-electron chi connectivity index (χ0n) is 49.0. The fourth-order valence-electron chi connectivity index (χ4n) is 12.1. The van der Waals surface area contributed by atoms with Gasteiger partial charge in [0, 0.05) is 122 Å². The van der Waals surface area contributed by atoms with Gasteiger partial charge in [-0.15, -0.1) is 0 Å². The zero-order valence-corrected chi connectivity index (χ0v) is 49.0. The molecular formula is C66H68N16O4. The normalized spacial score (nSPS) is 15.8. The lowest BCUT2D eigenvalue weighted by molar-refractivity contribution is 0.208. The minimum absolute atomic E-state index is 0.0407. The van der Waals surface area contributed by atoms with Gasteiger partial charge >= 0.3 is 0 Å². The van der Waals surface area contributed by atoms with Crippen LogP contribution >= 0.6 is 0 Å². The van der Waals surface area contributed by atoms with Crippen molar-refractivity contribution in [3.05, 3.63) is 206 Å². The van der Waals surface area contributed by atoms with Crippen molar-refractivity contribution in [1.82, 2.24) is 76.4 Å². The van der Waals surface area contributed by atoms with E-state index >= 15 is 0 Å². The molecule has 0 saturated carbocycles. The van der Waals surface area contributed by atoms with Gasteiger partial charge in [-0.1, -0.05) is 18.2 Å². The first-order valence-corrected chi connectivity index (χ1v) is 29.5. The summed E-state index contributed by atoms with van der Waals surface area (Å²) >= 11 is 0. The van der Waals surface area contributed by atoms with Crippen LogP contribution in [0.4, 0.5) is 0 Å². The van der Waals surface area contributed by atoms with Crippen molar-refractivity contribution in [3.63, 3.8) is 0 Å². The molecule has 0 spiro atoms. The van der Waals surface area contributed by atoms with Crippen LogP contribution in [0.15, 0.2) is 161 Å². The first kappa shape index (κ1) is 55.8. The van der Waals surface area contributed by atoms with E-state index in [9.17, 15) is 14.4 Å². The highest BCUT2D eigenvalue weighted by Crippen LogP contribution is 2.30. The number of nitrogens with zero attached hydrogens (tertiary/aromatic N) is 16. The Morgan fingerprint density at radius 1 is 0.512 bits per heavy atom. The van der Waals surface area contributed by atoms with Gasteiger partial charge in [-0.3, -0.25) is 42.2 Å². The van der Waals surface area contributed by atoms with Gasteiger partial charge in [0.25, 0.3) is 16.7 Å². The molecule has 20 nitrogen and oxygen atoms in total. The Balaban J connectivity index is 0.000000120. The van der Waals surface area contributed by atoms with Gasteiger partial charge in [0.2, 0.25) is 0 Å². The summed E-state index contributed by atoms with van der Waals surface area (Å²) in [6, 6.07) is 26.6. The maximum absolute atomic E-state index is 12.9. The van der Waals surface area contributed by atoms with Crippen molar-refractivity contribution in [1.29, 1.82) is 0 Å². The summed E-state index contributed by atoms with van der Waals surface area (Å²) < 4.78 is 10.6. The smallest absolute Gasteiger partial charge is 0.258 e. The number of aromatic nitrogens is 13. The van der Waals surface area contributed by atoms with Crippen LogP contribution < -0.4 is 16.7 Å². The lowest BCUT2D eigenvalue weighted by Crippen LogP contribution is -2.31. The number of hydrogen-bond acceptors (Lipinski definition) is 14. The topological polar surface area (TPSA) is 198 Å². The average Bonchev–Trinajstić information content (AvgIpc) is 1.47. The molecule has 0 atom stereocenters. The van der Waals surface area contributed by atoms with E-state index in [0.717, 1.165) is 133 Å². The average molecular weight is 1150 g/mol. The van der Waals surface area contributed by atoms with Gasteiger partial charge in [-0.2, -0.15) is 5.10 Å². The summed E-state index contributed by atoms with van der Waals surface area (Å²) in [6.07, 6.45) is 24.7. The number of pyridine rings is 4. The summed E-state index contributed by atoms with van der Waals surface area (Å²) in [4.78, 5) is 73.0. The maximum Gasteiger partial charge on any atom is 0.258 e. The van der Waals surface area contributed by atoms with Gasteiger partial charge in [-0.25, -0.2) is 24.9 Å². The van der Waals surface area contributed by atoms with E-state index in [-0.39, 0.29) is 23.3 Å². The molecule has 1 N–H and O–H groups in total. The predicted molar refractivity (Wildman–Crippen MR) is 335 cm³/mol. The Labute approximate surface area is 495 Å². The van der Waals surface area contributed by atoms with Crippen molar-refractivity contribution >= 4 is 44.7 Å². The summed E-state index contributed by atoms with van der Waals surface area (Å²) in [5.41, 5.74) is 15.4. The third-order valence-electron chi connectivity index (χ3n) is 17.0. The summed E-state index contributed by atoms with van der Waals surface area (Å²) in [5, 5.41) is 14.5. The predicted octanol–water partition coefficient (Wildman–Crippen LogP) is 7.98. The van der Waals surface area contributed by atoms with E-state index in [1.165, 1.54) is 11.1 Å². The van der Waals surface area contributed by atoms with Crippen molar-refractivity contribution in [2.24, 2.45) is 7.05 Å². The van der Waals surface area contributed by atoms with Gasteiger partial charge in [0.1, 0.15) is 22.6 Å². The van der Waals surface area contributed by atoms with Crippen LogP contribution in [0.1, 0.15) is 72.1 Å². The van der Waals surface area contributed by atoms with Crippen LogP contribution in [-0.2, 0) is 7.05 Å². The lowest BCUT2D eigenvalue weighted by Gasteiger charge is -2.29. The van der Waals surface area contributed by atoms with Gasteiger partial charge in [0.05, 0.1) is 52.5 Å². The van der Waals surface area contributed by atoms with Crippen molar-refractivity contribution < 1.29 is 5.11 Å². The van der Waals surface area contributed by atoms with Crippen LogP contribution in [0, 0.1) is 13.8 Å². The summed E-state index contributed by atoms with van der Waals surface area (Å²) in [5.74, 6) is 0.916. The molecule has 14 heterocycles. The van der Waals surface area contributed by atoms with E-state index in [1.807, 2.05) is 140 Å². The molecule has 20 heteroatoms. The first-order chi connectivity index (χ1) is 41.7. The molecule has 86 heavy (non-hydrogen) atoms. The number of imidazole rings is 2. The van der Waals surface area contributed by atoms with Crippen LogP contribution in [-0.4, -0.2) is 148 Å². The third kappa shape index (κ3) is 11.8.